The van der Waals surface area contributed by atoms with Gasteiger partial charge in [0.05, 0.1) is 0 Å². The summed E-state index contributed by atoms with van der Waals surface area (Å²) in [5.41, 5.74) is 0. The molecule has 1 aromatic carbocycles. The molecule has 0 N–H and O–H groups in total. The Morgan fingerprint density at radius 3 is 1.79 bits per heavy atom. The van der Waals surface area contributed by atoms with E-state index in [1.54, 1.807) is 0 Å². The second-order valence-electron chi connectivity index (χ2n) is 2.43. The zero-order valence-electron chi connectivity index (χ0n) is 8.80. The minimum Gasteiger partial charge on any atom is -0.427 e. The van der Waals surface area contributed by atoms with Crippen LogP contribution in [0.15, 0.2) is 29.2 Å². The molecule has 0 bridgehead atoms. The molecule has 0 saturated heterocycles. The van der Waals surface area contributed by atoms with Crippen molar-refractivity contribution < 1.29 is 41.1 Å². The van der Waals surface area contributed by atoms with Gasteiger partial charge in [-0.1, -0.05) is 12.1 Å². The molecule has 0 aliphatic heterocycles. The molecule has 0 aromatic heterocycles. The zero-order chi connectivity index (χ0) is 10.8. The van der Waals surface area contributed by atoms with Gasteiger partial charge in [0.15, 0.2) is 0 Å². The summed E-state index contributed by atoms with van der Waals surface area (Å²) in [5.74, 6) is -0.374. The van der Waals surface area contributed by atoms with Gasteiger partial charge in [-0.3, -0.25) is 18.8 Å². The van der Waals surface area contributed by atoms with Crippen LogP contribution in [-0.2, 0) is 0 Å². The Hall–Kier alpha value is -0.900. The summed E-state index contributed by atoms with van der Waals surface area (Å²) in [7, 11) is 0. The summed E-state index contributed by atoms with van der Waals surface area (Å²) < 4.78 is 52.1. The first kappa shape index (κ1) is 30.8. The van der Waals surface area contributed by atoms with Crippen molar-refractivity contribution in [1.82, 2.24) is 0 Å². The third kappa shape index (κ3) is 8.76. The van der Waals surface area contributed by atoms with Gasteiger partial charge in [-0.25, -0.2) is 0 Å². The maximum atomic E-state index is 12.4. The smallest absolute Gasteiger partial charge is 0.427 e. The maximum Gasteiger partial charge on any atom is 0.461 e. The normalized spacial score (nSPS) is 8.74. The van der Waals surface area contributed by atoms with Gasteiger partial charge in [0, 0.05) is 4.90 Å². The molecular weight excluding hydrogens is 332 g/mol. The van der Waals surface area contributed by atoms with Crippen molar-refractivity contribution in [3.8, 4) is 5.75 Å². The molecule has 1 aromatic rings. The highest BCUT2D eigenvalue weighted by Gasteiger charge is 2.44. The predicted octanol–water partition coefficient (Wildman–Crippen LogP) is 4.24. The van der Waals surface area contributed by atoms with Crippen LogP contribution in [0.4, 0.5) is 36.4 Å². The summed E-state index contributed by atoms with van der Waals surface area (Å²) in [4.78, 5) is 0.0767. The van der Waals surface area contributed by atoms with Crippen LogP contribution < -0.4 is 4.74 Å². The molecular formula is C8H11ClF8OS. The van der Waals surface area contributed by atoms with Crippen molar-refractivity contribution in [3.05, 3.63) is 24.3 Å². The Labute approximate surface area is 114 Å². The van der Waals surface area contributed by atoms with Crippen molar-refractivity contribution in [2.45, 2.75) is 17.4 Å². The van der Waals surface area contributed by atoms with Gasteiger partial charge in [0.1, 0.15) is 5.75 Å². The lowest BCUT2D eigenvalue weighted by molar-refractivity contribution is -0.254. The van der Waals surface area contributed by atoms with Crippen LogP contribution in [0, 0.1) is 0 Å². The molecule has 0 heterocycles. The zero-order valence-corrected chi connectivity index (χ0v) is 10.5. The minimum absolute atomic E-state index is 0. The number of hydrogen-bond acceptors (Lipinski definition) is 2. The van der Waals surface area contributed by atoms with Gasteiger partial charge >= 0.3 is 12.5 Å². The van der Waals surface area contributed by atoms with Crippen LogP contribution in [0.25, 0.3) is 0 Å². The Morgan fingerprint density at radius 1 is 1.00 bits per heavy atom. The highest BCUT2D eigenvalue weighted by atomic mass is 35.5. The minimum atomic E-state index is -4.49. The van der Waals surface area contributed by atoms with Crippen molar-refractivity contribution in [3.63, 3.8) is 0 Å². The predicted molar refractivity (Wildman–Crippen MR) is 62.5 cm³/mol. The first-order valence-corrected chi connectivity index (χ1v) is 4.01. The van der Waals surface area contributed by atoms with Crippen molar-refractivity contribution in [1.29, 1.82) is 0 Å². The topological polar surface area (TPSA) is 9.23 Å². The van der Waals surface area contributed by atoms with E-state index in [0.29, 0.717) is 0 Å². The second kappa shape index (κ2) is 12.2. The summed E-state index contributed by atoms with van der Waals surface area (Å²) in [5, 5.41) is 0. The van der Waals surface area contributed by atoms with E-state index in [1.807, 2.05) is 0 Å². The molecule has 0 spiro atoms. The molecule has 0 fully saturated rings. The Balaban J connectivity index is -0.000000131. The molecule has 1 rings (SSSR count). The highest BCUT2D eigenvalue weighted by molar-refractivity contribution is 7.80. The van der Waals surface area contributed by atoms with Gasteiger partial charge in [-0.05, 0) is 12.1 Å². The van der Waals surface area contributed by atoms with E-state index in [4.69, 9.17) is 0 Å². The van der Waals surface area contributed by atoms with Crippen LogP contribution in [0.5, 0.6) is 5.75 Å². The fourth-order valence-corrected chi connectivity index (χ4v) is 0.941. The molecule has 0 amide bonds. The molecule has 19 heavy (non-hydrogen) atoms. The van der Waals surface area contributed by atoms with E-state index in [0.717, 1.165) is 6.07 Å². The summed E-state index contributed by atoms with van der Waals surface area (Å²) in [6.07, 6.45) is -8.35. The van der Waals surface area contributed by atoms with Crippen LogP contribution in [0.3, 0.4) is 0 Å². The molecule has 0 radical (unpaired) electrons. The van der Waals surface area contributed by atoms with E-state index < -0.39 is 12.5 Å². The number of hydrogen-bond donors (Lipinski definition) is 1. The summed E-state index contributed by atoms with van der Waals surface area (Å²) >= 11 is 3.77. The third-order valence-electron chi connectivity index (χ3n) is 1.37. The molecule has 118 valence electrons. The van der Waals surface area contributed by atoms with E-state index in [-0.39, 0.29) is 41.9 Å². The second-order valence-corrected chi connectivity index (χ2v) is 2.91. The van der Waals surface area contributed by atoms with E-state index in [9.17, 15) is 17.6 Å². The lowest BCUT2D eigenvalue weighted by atomic mass is 10.3. The fourth-order valence-electron chi connectivity index (χ4n) is 0.735. The Morgan fingerprint density at radius 2 is 1.42 bits per heavy atom. The molecule has 11 heteroatoms. The van der Waals surface area contributed by atoms with Gasteiger partial charge < -0.3 is 4.74 Å². The van der Waals surface area contributed by atoms with Crippen LogP contribution in [-0.4, -0.2) is 12.5 Å². The Bertz CT molecular complexity index is 327. The van der Waals surface area contributed by atoms with E-state index >= 15 is 0 Å². The number of benzene rings is 1. The maximum absolute atomic E-state index is 12.4. The highest BCUT2D eigenvalue weighted by Crippen LogP contribution is 2.30. The Kier molecular flexibility index (Phi) is 19.7. The van der Waals surface area contributed by atoms with Gasteiger partial charge in [0.2, 0.25) is 0 Å². The van der Waals surface area contributed by atoms with Gasteiger partial charge in [0.25, 0.3) is 0 Å². The van der Waals surface area contributed by atoms with E-state index in [2.05, 4.69) is 17.4 Å². The molecule has 0 aliphatic rings. The third-order valence-corrected chi connectivity index (χ3v) is 1.73. The van der Waals surface area contributed by atoms with Crippen molar-refractivity contribution in [2.24, 2.45) is 0 Å². The number of rotatable bonds is 3. The molecule has 1 nitrogen and oxygen atoms in total. The SMILES string of the molecule is Cl.F.F.F.F.FC(F)C(F)(F)Oc1ccccc1S. The van der Waals surface area contributed by atoms with Crippen LogP contribution >= 0.6 is 25.0 Å². The summed E-state index contributed by atoms with van der Waals surface area (Å²) in [6.45, 7) is 0. The number of halogens is 9. The lowest BCUT2D eigenvalue weighted by Crippen LogP contribution is -2.33. The van der Waals surface area contributed by atoms with Crippen LogP contribution in [0.1, 0.15) is 0 Å². The first-order valence-electron chi connectivity index (χ1n) is 3.56. The number of para-hydroxylation sites is 1. The number of alkyl halides is 4. The van der Waals surface area contributed by atoms with Crippen LogP contribution in [0.2, 0.25) is 0 Å². The molecule has 0 aliphatic carbocycles. The average Bonchev–Trinajstić information content (AvgIpc) is 2.08. The van der Waals surface area contributed by atoms with Gasteiger partial charge in [-0.15, -0.1) is 25.0 Å². The standard InChI is InChI=1S/C8H6F4OS.ClH.4FH/c9-7(10)8(11,12)13-5-3-1-2-4-6(5)14;;;;;/h1-4,7,14H;5*1H. The lowest BCUT2D eigenvalue weighted by Gasteiger charge is -2.17. The van der Waals surface area contributed by atoms with Crippen molar-refractivity contribution >= 4 is 25.0 Å². The van der Waals surface area contributed by atoms with Gasteiger partial charge in [-0.2, -0.15) is 17.6 Å². The average molecular weight is 343 g/mol. The molecule has 0 saturated carbocycles. The quantitative estimate of drug-likeness (QED) is 0.638. The monoisotopic (exact) mass is 342 g/mol. The first-order chi connectivity index (χ1) is 6.43. The van der Waals surface area contributed by atoms with E-state index in [1.165, 1.54) is 18.2 Å². The summed E-state index contributed by atoms with van der Waals surface area (Å²) in [6, 6.07) is 5.41. The molecule has 0 atom stereocenters. The fraction of sp³-hybridized carbons (Fsp3) is 0.250. The number of ether oxygens (including phenoxy) is 1. The number of thiol groups is 1. The largest absolute Gasteiger partial charge is 0.461 e. The van der Waals surface area contributed by atoms with Crippen molar-refractivity contribution in [2.75, 3.05) is 0 Å². The molecule has 0 unspecified atom stereocenters.